The maximum atomic E-state index is 12.6. The van der Waals surface area contributed by atoms with Crippen molar-refractivity contribution >= 4 is 12.2 Å². The fourth-order valence-electron chi connectivity index (χ4n) is 5.19. The van der Waals surface area contributed by atoms with Gasteiger partial charge in [0.05, 0.1) is 31.6 Å². The van der Waals surface area contributed by atoms with Crippen molar-refractivity contribution in [2.24, 2.45) is 27.9 Å². The van der Waals surface area contributed by atoms with Crippen molar-refractivity contribution in [3.05, 3.63) is 0 Å². The summed E-state index contributed by atoms with van der Waals surface area (Å²) in [5.41, 5.74) is 22.8. The van der Waals surface area contributed by atoms with E-state index in [1.807, 2.05) is 0 Å². The highest BCUT2D eigenvalue weighted by atomic mass is 16.7. The van der Waals surface area contributed by atoms with Gasteiger partial charge in [-0.1, -0.05) is 0 Å². The fraction of sp³-hybridized carbons (Fsp3) is 0.913. The number of hydrogen-bond donors (Lipinski definition) is 13. The van der Waals surface area contributed by atoms with Gasteiger partial charge in [-0.3, -0.25) is 9.79 Å². The zero-order valence-electron chi connectivity index (χ0n) is 22.7. The van der Waals surface area contributed by atoms with Gasteiger partial charge in [-0.15, -0.1) is 0 Å². The molecule has 3 fully saturated rings. The largest absolute Gasteiger partial charge is 0.394 e. The normalized spacial score (nSPS) is 45.5. The van der Waals surface area contributed by atoms with E-state index in [0.717, 1.165) is 6.34 Å². The second-order valence-corrected chi connectivity index (χ2v) is 10.6. The molecule has 244 valence electrons. The highest BCUT2D eigenvalue weighted by molar-refractivity contribution is 5.80. The average Bonchev–Trinajstić information content (AvgIpc) is 2.96. The van der Waals surface area contributed by atoms with E-state index in [1.165, 1.54) is 0 Å². The van der Waals surface area contributed by atoms with Crippen molar-refractivity contribution in [3.8, 4) is 0 Å². The topological polar surface area (TPSA) is 344 Å². The summed E-state index contributed by atoms with van der Waals surface area (Å²) in [6, 6.07) is -3.50. The van der Waals surface area contributed by atoms with Gasteiger partial charge in [-0.25, -0.2) is 0 Å². The zero-order valence-corrected chi connectivity index (χ0v) is 22.7. The smallest absolute Gasteiger partial charge is 0.249 e. The van der Waals surface area contributed by atoms with E-state index in [2.05, 4.69) is 10.3 Å². The van der Waals surface area contributed by atoms with Crippen LogP contribution in [0.5, 0.6) is 0 Å². The number of aliphatic imine (C=N–C) groups is 1. The Hall–Kier alpha value is -1.66. The van der Waals surface area contributed by atoms with Crippen LogP contribution in [0.1, 0.15) is 12.8 Å². The molecule has 19 heteroatoms. The number of carbonyl (C=O) groups excluding carboxylic acids is 1. The Kier molecular flexibility index (Phi) is 12.7. The lowest BCUT2D eigenvalue weighted by atomic mass is 9.83. The summed E-state index contributed by atoms with van der Waals surface area (Å²) in [5.74, 6) is -0.852. The monoisotopic (exact) mass is 612 g/mol. The van der Waals surface area contributed by atoms with Crippen LogP contribution in [-0.2, 0) is 23.7 Å². The number of hydrogen-bond acceptors (Lipinski definition) is 17. The molecule has 42 heavy (non-hydrogen) atoms. The summed E-state index contributed by atoms with van der Waals surface area (Å²) < 4.78 is 22.7. The highest BCUT2D eigenvalue weighted by Crippen LogP contribution is 2.32. The van der Waals surface area contributed by atoms with Gasteiger partial charge < -0.3 is 88.1 Å². The molecule has 0 bridgehead atoms. The molecule has 1 saturated carbocycles. The predicted octanol–water partition coefficient (Wildman–Crippen LogP) is -8.40. The van der Waals surface area contributed by atoms with Crippen LogP contribution in [-0.4, -0.2) is 171 Å². The first kappa shape index (κ1) is 34.8. The first-order valence-corrected chi connectivity index (χ1v) is 13.6. The fourth-order valence-corrected chi connectivity index (χ4v) is 5.19. The van der Waals surface area contributed by atoms with Crippen molar-refractivity contribution in [1.82, 2.24) is 5.32 Å². The quantitative estimate of drug-likeness (QED) is 0.0760. The van der Waals surface area contributed by atoms with E-state index in [4.69, 9.17) is 41.9 Å². The number of amides is 1. The summed E-state index contributed by atoms with van der Waals surface area (Å²) in [6.07, 6.45) is -19.2. The van der Waals surface area contributed by atoms with E-state index in [-0.39, 0.29) is 25.9 Å². The molecule has 16 unspecified atom stereocenters. The molecule has 3 rings (SSSR count). The minimum atomic E-state index is -1.78. The van der Waals surface area contributed by atoms with E-state index >= 15 is 0 Å². The Labute approximate surface area is 241 Å². The number of aliphatic hydroxyl groups excluding tert-OH is 8. The lowest BCUT2D eigenvalue weighted by molar-refractivity contribution is -0.332. The number of aliphatic hydroxyl groups is 8. The van der Waals surface area contributed by atoms with Crippen LogP contribution in [0.25, 0.3) is 0 Å². The molecular weight excluding hydrogens is 568 g/mol. The molecule has 3 aliphatic rings. The zero-order chi connectivity index (χ0) is 31.3. The Balaban J connectivity index is 1.85. The summed E-state index contributed by atoms with van der Waals surface area (Å²) in [4.78, 5) is 16.4. The first-order chi connectivity index (χ1) is 19.9. The maximum absolute atomic E-state index is 12.6. The molecule has 2 saturated heterocycles. The first-order valence-electron chi connectivity index (χ1n) is 13.6. The third-order valence-corrected chi connectivity index (χ3v) is 7.67. The molecule has 2 heterocycles. The molecule has 0 aromatic heterocycles. The van der Waals surface area contributed by atoms with Crippen LogP contribution in [0.3, 0.4) is 0 Å². The lowest BCUT2D eigenvalue weighted by Gasteiger charge is -2.48. The lowest BCUT2D eigenvalue weighted by Crippen LogP contribution is -2.69. The molecule has 0 spiro atoms. The number of nitrogens with one attached hydrogen (secondary N) is 1. The second-order valence-electron chi connectivity index (χ2n) is 10.6. The van der Waals surface area contributed by atoms with E-state index < -0.39 is 110 Å². The van der Waals surface area contributed by atoms with Crippen LogP contribution in [0.2, 0.25) is 0 Å². The molecule has 16 atom stereocenters. The van der Waals surface area contributed by atoms with Crippen molar-refractivity contribution < 1.29 is 64.6 Å². The van der Waals surface area contributed by atoms with Crippen LogP contribution >= 0.6 is 0 Å². The number of ether oxygens (including phenoxy) is 4. The van der Waals surface area contributed by atoms with Gasteiger partial charge in [0.25, 0.3) is 0 Å². The molecule has 1 aliphatic carbocycles. The molecule has 0 aromatic rings. The minimum Gasteiger partial charge on any atom is -0.394 e. The number of nitrogens with two attached hydrogens (primary N) is 4. The van der Waals surface area contributed by atoms with Crippen molar-refractivity contribution in [1.29, 1.82) is 0 Å². The Morgan fingerprint density at radius 2 is 1.55 bits per heavy atom. The molecule has 1 amide bonds. The van der Waals surface area contributed by atoms with Gasteiger partial charge in [-0.05, 0) is 19.4 Å². The molecule has 17 N–H and O–H groups in total. The van der Waals surface area contributed by atoms with Gasteiger partial charge in [-0.2, -0.15) is 0 Å². The van der Waals surface area contributed by atoms with E-state index in [1.54, 1.807) is 0 Å². The molecule has 19 nitrogen and oxygen atoms in total. The van der Waals surface area contributed by atoms with E-state index in [0.29, 0.717) is 0 Å². The second kappa shape index (κ2) is 15.4. The van der Waals surface area contributed by atoms with Crippen LogP contribution in [0, 0.1) is 0 Å². The number of carbonyl (C=O) groups is 1. The van der Waals surface area contributed by atoms with E-state index in [9.17, 15) is 45.6 Å². The molecular formula is C23H44N6O13. The standard InChI is InChI=1S/C23H44N6O13/c24-2-1-9(31)21(38)29-8-3-7(26)19(41-23-17(36)16(35)14(33)10(39-23)4-28-6-25)18(37)20(8)42-22-15(34)12(27)13(32)11(5-30)40-22/h6-20,22-23,30-37H,1-5,24,26-27H2,(H2,25,28)(H,29,38). The van der Waals surface area contributed by atoms with Crippen LogP contribution in [0.4, 0.5) is 0 Å². The van der Waals surface area contributed by atoms with Gasteiger partial charge in [0.15, 0.2) is 12.6 Å². The van der Waals surface area contributed by atoms with Crippen molar-refractivity contribution in [2.45, 2.75) is 111 Å². The predicted molar refractivity (Wildman–Crippen MR) is 140 cm³/mol. The minimum absolute atomic E-state index is 0.00392. The third-order valence-electron chi connectivity index (χ3n) is 7.67. The van der Waals surface area contributed by atoms with Crippen molar-refractivity contribution in [3.63, 3.8) is 0 Å². The van der Waals surface area contributed by atoms with Crippen LogP contribution in [0.15, 0.2) is 4.99 Å². The molecule has 0 aromatic carbocycles. The SMILES string of the molecule is NC=NCC1OC(OC2C(N)CC(NC(=O)C(O)CCN)C(OC3OC(CO)C(O)C(N)C3O)C2O)C(O)C(O)C1O. The van der Waals surface area contributed by atoms with Gasteiger partial charge in [0.1, 0.15) is 67.1 Å². The Morgan fingerprint density at radius 3 is 2.17 bits per heavy atom. The third kappa shape index (κ3) is 7.70. The summed E-state index contributed by atoms with van der Waals surface area (Å²) in [7, 11) is 0. The Bertz CT molecular complexity index is 892. The van der Waals surface area contributed by atoms with Crippen LogP contribution < -0.4 is 28.3 Å². The average molecular weight is 613 g/mol. The Morgan fingerprint density at radius 1 is 0.929 bits per heavy atom. The molecule has 2 aliphatic heterocycles. The highest BCUT2D eigenvalue weighted by Gasteiger charge is 2.52. The van der Waals surface area contributed by atoms with Gasteiger partial charge in [0.2, 0.25) is 5.91 Å². The van der Waals surface area contributed by atoms with Crippen molar-refractivity contribution in [2.75, 3.05) is 19.7 Å². The summed E-state index contributed by atoms with van der Waals surface area (Å²) >= 11 is 0. The van der Waals surface area contributed by atoms with Gasteiger partial charge >= 0.3 is 0 Å². The maximum Gasteiger partial charge on any atom is 0.249 e. The number of nitrogens with zero attached hydrogens (tertiary/aromatic N) is 1. The summed E-state index contributed by atoms with van der Waals surface area (Å²) in [5, 5.41) is 85.5. The summed E-state index contributed by atoms with van der Waals surface area (Å²) in [6.45, 7) is -0.873. The van der Waals surface area contributed by atoms with Gasteiger partial charge in [0, 0.05) is 6.04 Å². The number of rotatable bonds is 11. The molecule has 0 radical (unpaired) electrons.